The highest BCUT2D eigenvalue weighted by Gasteiger charge is 2.24. The Morgan fingerprint density at radius 1 is 0.812 bits per heavy atom. The Morgan fingerprint density at radius 3 is 1.62 bits per heavy atom. The van der Waals surface area contributed by atoms with E-state index in [9.17, 15) is 0 Å². The first-order valence-corrected chi connectivity index (χ1v) is 6.75. The highest BCUT2D eigenvalue weighted by Crippen LogP contribution is 2.15. The smallest absolute Gasteiger partial charge is 0.0730 e. The number of hydrazine groups is 1. The first-order chi connectivity index (χ1) is 7.77. The topological polar surface area (TPSA) is 48.1 Å². The van der Waals surface area contributed by atoms with Crippen LogP contribution in [0.1, 0.15) is 39.5 Å². The molecular formula is C12H26N4. The molecule has 2 heterocycles. The molecule has 4 heteroatoms. The van der Waals surface area contributed by atoms with Crippen molar-refractivity contribution < 1.29 is 0 Å². The fourth-order valence-corrected chi connectivity index (χ4v) is 2.67. The van der Waals surface area contributed by atoms with Crippen molar-refractivity contribution in [2.45, 2.75) is 51.9 Å². The van der Waals surface area contributed by atoms with Gasteiger partial charge in [0.25, 0.3) is 0 Å². The molecule has 4 N–H and O–H groups in total. The minimum atomic E-state index is 0.421. The predicted octanol–water partition coefficient (Wildman–Crippen LogP) is 0.772. The molecule has 2 saturated heterocycles. The number of rotatable bonds is 3. The Balaban J connectivity index is 1.72. The van der Waals surface area contributed by atoms with Crippen LogP contribution in [0.2, 0.25) is 0 Å². The molecule has 4 atom stereocenters. The van der Waals surface area contributed by atoms with Crippen LogP contribution in [0.15, 0.2) is 0 Å². The van der Waals surface area contributed by atoms with E-state index in [1.54, 1.807) is 0 Å². The Morgan fingerprint density at radius 2 is 1.25 bits per heavy atom. The molecule has 0 bridgehead atoms. The lowest BCUT2D eigenvalue weighted by Gasteiger charge is -2.36. The second-order valence-electron chi connectivity index (χ2n) is 5.39. The summed E-state index contributed by atoms with van der Waals surface area (Å²) in [6.07, 6.45) is 6.09. The molecule has 0 amide bonds. The molecule has 94 valence electrons. The second-order valence-corrected chi connectivity index (χ2v) is 5.39. The van der Waals surface area contributed by atoms with Crippen LogP contribution in [0.25, 0.3) is 0 Å². The van der Waals surface area contributed by atoms with Gasteiger partial charge in [0.15, 0.2) is 0 Å². The highest BCUT2D eigenvalue weighted by molar-refractivity contribution is 4.79. The third kappa shape index (κ3) is 3.17. The normalized spacial score (nSPS) is 40.9. The summed E-state index contributed by atoms with van der Waals surface area (Å²) in [6.45, 7) is 6.89. The monoisotopic (exact) mass is 226 g/mol. The minimum Gasteiger partial charge on any atom is -0.301 e. The molecule has 0 aromatic carbocycles. The average Bonchev–Trinajstić information content (AvgIpc) is 2.30. The van der Waals surface area contributed by atoms with Gasteiger partial charge in [0.2, 0.25) is 0 Å². The summed E-state index contributed by atoms with van der Waals surface area (Å²) in [5, 5.41) is 7.04. The molecular weight excluding hydrogens is 200 g/mol. The van der Waals surface area contributed by atoms with Crippen LogP contribution < -0.4 is 21.5 Å². The Kier molecular flexibility index (Phi) is 4.58. The Hall–Kier alpha value is -0.160. The van der Waals surface area contributed by atoms with E-state index >= 15 is 0 Å². The molecule has 2 rings (SSSR count). The van der Waals surface area contributed by atoms with E-state index in [1.165, 1.54) is 25.7 Å². The van der Waals surface area contributed by atoms with Crippen LogP contribution in [0.3, 0.4) is 0 Å². The van der Waals surface area contributed by atoms with Crippen molar-refractivity contribution in [2.75, 3.05) is 13.1 Å². The van der Waals surface area contributed by atoms with Crippen molar-refractivity contribution in [3.05, 3.63) is 0 Å². The highest BCUT2D eigenvalue weighted by atomic mass is 15.5. The molecule has 4 unspecified atom stereocenters. The van der Waals surface area contributed by atoms with Gasteiger partial charge in [-0.3, -0.25) is 0 Å². The lowest BCUT2D eigenvalue weighted by Crippen LogP contribution is -2.62. The van der Waals surface area contributed by atoms with Crippen LogP contribution in [0, 0.1) is 11.8 Å². The summed E-state index contributed by atoms with van der Waals surface area (Å²) in [5.41, 5.74) is 6.90. The van der Waals surface area contributed by atoms with Crippen LogP contribution in [-0.4, -0.2) is 25.4 Å². The molecule has 2 aliphatic rings. The summed E-state index contributed by atoms with van der Waals surface area (Å²) >= 11 is 0. The van der Waals surface area contributed by atoms with Gasteiger partial charge < -0.3 is 10.6 Å². The third-order valence-corrected chi connectivity index (χ3v) is 3.93. The molecule has 0 radical (unpaired) electrons. The molecule has 16 heavy (non-hydrogen) atoms. The van der Waals surface area contributed by atoms with Crippen molar-refractivity contribution in [1.82, 2.24) is 21.5 Å². The number of piperidine rings is 2. The van der Waals surface area contributed by atoms with Gasteiger partial charge in [0.05, 0.1) is 12.3 Å². The number of hydrogen-bond acceptors (Lipinski definition) is 4. The number of hydrogen-bond donors (Lipinski definition) is 4. The molecule has 0 aromatic rings. The lowest BCUT2D eigenvalue weighted by molar-refractivity contribution is 0.172. The van der Waals surface area contributed by atoms with E-state index in [1.807, 2.05) is 0 Å². The quantitative estimate of drug-likeness (QED) is 0.537. The molecule has 0 aliphatic carbocycles. The second kappa shape index (κ2) is 5.96. The third-order valence-electron chi connectivity index (χ3n) is 3.93. The zero-order valence-electron chi connectivity index (χ0n) is 10.6. The van der Waals surface area contributed by atoms with E-state index in [2.05, 4.69) is 35.3 Å². The van der Waals surface area contributed by atoms with Crippen LogP contribution >= 0.6 is 0 Å². The van der Waals surface area contributed by atoms with E-state index in [0.29, 0.717) is 24.2 Å². The van der Waals surface area contributed by atoms with Crippen LogP contribution in [0.4, 0.5) is 0 Å². The van der Waals surface area contributed by atoms with Gasteiger partial charge in [-0.05, 0) is 50.6 Å². The van der Waals surface area contributed by atoms with Gasteiger partial charge in [-0.15, -0.1) is 0 Å². The van der Waals surface area contributed by atoms with E-state index in [-0.39, 0.29) is 0 Å². The van der Waals surface area contributed by atoms with Gasteiger partial charge in [0.1, 0.15) is 0 Å². The molecule has 2 fully saturated rings. The van der Waals surface area contributed by atoms with E-state index in [0.717, 1.165) is 13.1 Å². The van der Waals surface area contributed by atoms with Gasteiger partial charge in [-0.25, -0.2) is 10.9 Å². The van der Waals surface area contributed by atoms with E-state index < -0.39 is 0 Å². The van der Waals surface area contributed by atoms with Crippen LogP contribution in [-0.2, 0) is 0 Å². The average molecular weight is 226 g/mol. The SMILES string of the molecule is CC1CCCNC1NNC1NCCCC1C. The fourth-order valence-electron chi connectivity index (χ4n) is 2.67. The molecule has 0 aromatic heterocycles. The lowest BCUT2D eigenvalue weighted by atomic mass is 9.97. The van der Waals surface area contributed by atoms with Crippen molar-refractivity contribution in [3.63, 3.8) is 0 Å². The summed E-state index contributed by atoms with van der Waals surface area (Å²) < 4.78 is 0. The Bertz CT molecular complexity index is 187. The standard InChI is InChI=1S/C12H26N4/c1-9-5-3-7-13-11(9)15-16-12-10(2)6-4-8-14-12/h9-16H,3-8H2,1-2H3. The van der Waals surface area contributed by atoms with Gasteiger partial charge in [0, 0.05) is 0 Å². The summed E-state index contributed by atoms with van der Waals surface area (Å²) in [4.78, 5) is 0. The Labute approximate surface area is 98.9 Å². The summed E-state index contributed by atoms with van der Waals surface area (Å²) in [5.74, 6) is 1.42. The first-order valence-electron chi connectivity index (χ1n) is 6.75. The van der Waals surface area contributed by atoms with Crippen molar-refractivity contribution >= 4 is 0 Å². The minimum absolute atomic E-state index is 0.421. The molecule has 4 nitrogen and oxygen atoms in total. The largest absolute Gasteiger partial charge is 0.301 e. The van der Waals surface area contributed by atoms with Crippen molar-refractivity contribution in [2.24, 2.45) is 11.8 Å². The summed E-state index contributed by atoms with van der Waals surface area (Å²) in [6, 6.07) is 0. The van der Waals surface area contributed by atoms with Gasteiger partial charge >= 0.3 is 0 Å². The molecule has 2 aliphatic heterocycles. The van der Waals surface area contributed by atoms with E-state index in [4.69, 9.17) is 0 Å². The maximum Gasteiger partial charge on any atom is 0.0730 e. The maximum atomic E-state index is 3.52. The van der Waals surface area contributed by atoms with Crippen molar-refractivity contribution in [3.8, 4) is 0 Å². The van der Waals surface area contributed by atoms with Gasteiger partial charge in [-0.1, -0.05) is 13.8 Å². The molecule has 0 spiro atoms. The van der Waals surface area contributed by atoms with Crippen molar-refractivity contribution in [1.29, 1.82) is 0 Å². The zero-order chi connectivity index (χ0) is 11.4. The van der Waals surface area contributed by atoms with Gasteiger partial charge in [-0.2, -0.15) is 0 Å². The fraction of sp³-hybridized carbons (Fsp3) is 1.00. The number of nitrogens with one attached hydrogen (secondary N) is 4. The zero-order valence-corrected chi connectivity index (χ0v) is 10.6. The predicted molar refractivity (Wildman–Crippen MR) is 66.6 cm³/mol. The van der Waals surface area contributed by atoms with Crippen LogP contribution in [0.5, 0.6) is 0 Å². The summed E-state index contributed by atoms with van der Waals surface area (Å²) in [7, 11) is 0. The molecule has 0 saturated carbocycles. The maximum absolute atomic E-state index is 3.52. The first kappa shape index (κ1) is 12.3.